The van der Waals surface area contributed by atoms with Gasteiger partial charge in [0.25, 0.3) is 0 Å². The van der Waals surface area contributed by atoms with Crippen LogP contribution in [0.5, 0.6) is 0 Å². The Labute approximate surface area is 159 Å². The topological polar surface area (TPSA) is 51.8 Å². The first kappa shape index (κ1) is 16.7. The van der Waals surface area contributed by atoms with Gasteiger partial charge in [0.1, 0.15) is 12.4 Å². The quantitative estimate of drug-likeness (QED) is 0.715. The maximum absolute atomic E-state index is 4.57. The summed E-state index contributed by atoms with van der Waals surface area (Å²) in [6, 6.07) is 11.5. The highest BCUT2D eigenvalue weighted by Crippen LogP contribution is 2.32. The molecule has 0 N–H and O–H groups in total. The van der Waals surface area contributed by atoms with Gasteiger partial charge in [-0.15, -0.1) is 10.2 Å². The molecule has 0 spiro atoms. The highest BCUT2D eigenvalue weighted by molar-refractivity contribution is 5.33. The van der Waals surface area contributed by atoms with E-state index in [4.69, 9.17) is 0 Å². The van der Waals surface area contributed by atoms with Gasteiger partial charge in [-0.1, -0.05) is 24.3 Å². The lowest BCUT2D eigenvalue weighted by Gasteiger charge is -2.36. The van der Waals surface area contributed by atoms with E-state index in [0.717, 1.165) is 18.2 Å². The van der Waals surface area contributed by atoms with E-state index in [9.17, 15) is 0 Å². The smallest absolute Gasteiger partial charge is 0.154 e. The second-order valence-electron chi connectivity index (χ2n) is 7.90. The molecule has 6 heteroatoms. The molecule has 3 aromatic rings. The maximum atomic E-state index is 4.57. The van der Waals surface area contributed by atoms with Gasteiger partial charge >= 0.3 is 0 Å². The molecule has 0 radical (unpaired) electrons. The minimum absolute atomic E-state index is 0.464. The summed E-state index contributed by atoms with van der Waals surface area (Å²) in [4.78, 5) is 2.69. The van der Waals surface area contributed by atoms with E-state index in [0.29, 0.717) is 18.5 Å². The van der Waals surface area contributed by atoms with Crippen LogP contribution in [0, 0.1) is 0 Å². The van der Waals surface area contributed by atoms with Crippen molar-refractivity contribution < 1.29 is 0 Å². The van der Waals surface area contributed by atoms with Gasteiger partial charge in [0, 0.05) is 37.9 Å². The van der Waals surface area contributed by atoms with Crippen molar-refractivity contribution in [2.24, 2.45) is 7.05 Å². The van der Waals surface area contributed by atoms with Crippen LogP contribution >= 0.6 is 0 Å². The predicted molar refractivity (Wildman–Crippen MR) is 104 cm³/mol. The van der Waals surface area contributed by atoms with Crippen LogP contribution in [-0.4, -0.2) is 48.6 Å². The van der Waals surface area contributed by atoms with Gasteiger partial charge in [0.15, 0.2) is 5.82 Å². The Bertz CT molecular complexity index is 888. The molecule has 5 rings (SSSR count). The Morgan fingerprint density at radius 1 is 1.07 bits per heavy atom. The minimum atomic E-state index is 0.464. The van der Waals surface area contributed by atoms with Gasteiger partial charge in [0.05, 0.1) is 0 Å². The molecule has 6 nitrogen and oxygen atoms in total. The summed E-state index contributed by atoms with van der Waals surface area (Å²) in [5, 5.41) is 13.3. The fourth-order valence-electron chi connectivity index (χ4n) is 4.75. The summed E-state index contributed by atoms with van der Waals surface area (Å²) >= 11 is 0. The van der Waals surface area contributed by atoms with E-state index in [1.807, 2.05) is 16.9 Å². The average Bonchev–Trinajstić information content (AvgIpc) is 3.43. The predicted octanol–water partition coefficient (Wildman–Crippen LogP) is 2.41. The highest BCUT2D eigenvalue weighted by atomic mass is 15.3. The standard InChI is InChI=1S/C21H26N6/c1-25-20(15-27-11-5-9-22-27)23-24-21(25)18-8-4-10-26(14-18)19-12-16-6-2-3-7-17(16)13-19/h2-3,5-7,9,11,18-19H,4,8,10,12-15H2,1H3/t18-/m0/s1. The van der Waals surface area contributed by atoms with Crippen molar-refractivity contribution in [3.05, 3.63) is 65.5 Å². The molecule has 1 aliphatic carbocycles. The molecular weight excluding hydrogens is 336 g/mol. The molecule has 1 aliphatic heterocycles. The van der Waals surface area contributed by atoms with Gasteiger partial charge in [0.2, 0.25) is 0 Å². The first-order chi connectivity index (χ1) is 13.3. The second kappa shape index (κ2) is 6.93. The zero-order valence-corrected chi connectivity index (χ0v) is 15.8. The second-order valence-corrected chi connectivity index (χ2v) is 7.90. The van der Waals surface area contributed by atoms with Crippen LogP contribution in [-0.2, 0) is 26.4 Å². The Balaban J connectivity index is 1.30. The van der Waals surface area contributed by atoms with Crippen molar-refractivity contribution in [1.82, 2.24) is 29.4 Å². The molecule has 0 amide bonds. The summed E-state index contributed by atoms with van der Waals surface area (Å²) < 4.78 is 4.08. The molecule has 2 aliphatic rings. The lowest BCUT2D eigenvalue weighted by Crippen LogP contribution is -2.43. The fourth-order valence-corrected chi connectivity index (χ4v) is 4.75. The number of piperidine rings is 1. The van der Waals surface area contributed by atoms with Gasteiger partial charge < -0.3 is 4.57 Å². The SMILES string of the molecule is Cn1c(Cn2cccn2)nnc1[C@H]1CCCN(C2Cc3ccccc3C2)C1. The van der Waals surface area contributed by atoms with Gasteiger partial charge in [-0.05, 0) is 49.4 Å². The van der Waals surface area contributed by atoms with Crippen molar-refractivity contribution in [2.45, 2.75) is 44.2 Å². The summed E-state index contributed by atoms with van der Waals surface area (Å²) in [5.41, 5.74) is 3.06. The van der Waals surface area contributed by atoms with Crippen LogP contribution in [0.4, 0.5) is 0 Å². The molecule has 2 aromatic heterocycles. The fraction of sp³-hybridized carbons (Fsp3) is 0.476. The largest absolute Gasteiger partial charge is 0.316 e. The van der Waals surface area contributed by atoms with Crippen molar-refractivity contribution in [1.29, 1.82) is 0 Å². The normalized spacial score (nSPS) is 20.9. The van der Waals surface area contributed by atoms with Gasteiger partial charge in [-0.3, -0.25) is 9.58 Å². The molecule has 0 bridgehead atoms. The molecule has 0 unspecified atom stereocenters. The minimum Gasteiger partial charge on any atom is -0.316 e. The number of fused-ring (bicyclic) bond motifs is 1. The molecule has 1 saturated heterocycles. The van der Waals surface area contributed by atoms with E-state index in [1.165, 1.54) is 43.4 Å². The lowest BCUT2D eigenvalue weighted by atomic mass is 9.95. The van der Waals surface area contributed by atoms with E-state index in [2.05, 4.69) is 56.1 Å². The van der Waals surface area contributed by atoms with Crippen molar-refractivity contribution in [3.63, 3.8) is 0 Å². The molecule has 140 valence electrons. The third-order valence-corrected chi connectivity index (χ3v) is 6.23. The number of nitrogens with zero attached hydrogens (tertiary/aromatic N) is 6. The number of hydrogen-bond donors (Lipinski definition) is 0. The zero-order valence-electron chi connectivity index (χ0n) is 15.8. The first-order valence-corrected chi connectivity index (χ1v) is 9.94. The molecule has 1 aromatic carbocycles. The zero-order chi connectivity index (χ0) is 18.2. The molecule has 0 saturated carbocycles. The van der Waals surface area contributed by atoms with E-state index in [-0.39, 0.29) is 0 Å². The van der Waals surface area contributed by atoms with Crippen LogP contribution in [0.2, 0.25) is 0 Å². The number of aromatic nitrogens is 5. The van der Waals surface area contributed by atoms with Crippen molar-refractivity contribution in [3.8, 4) is 0 Å². The van der Waals surface area contributed by atoms with Crippen LogP contribution in [0.3, 0.4) is 0 Å². The molecule has 27 heavy (non-hydrogen) atoms. The molecular formula is C21H26N6. The lowest BCUT2D eigenvalue weighted by molar-refractivity contribution is 0.148. The Kier molecular flexibility index (Phi) is 4.28. The number of rotatable bonds is 4. The van der Waals surface area contributed by atoms with Crippen LogP contribution in [0.25, 0.3) is 0 Å². The Morgan fingerprint density at radius 3 is 2.63 bits per heavy atom. The third kappa shape index (κ3) is 3.18. The number of hydrogen-bond acceptors (Lipinski definition) is 4. The summed E-state index contributed by atoms with van der Waals surface area (Å²) in [6.45, 7) is 2.96. The maximum Gasteiger partial charge on any atom is 0.154 e. The molecule has 3 heterocycles. The number of likely N-dealkylation sites (tertiary alicyclic amines) is 1. The third-order valence-electron chi connectivity index (χ3n) is 6.23. The monoisotopic (exact) mass is 362 g/mol. The highest BCUT2D eigenvalue weighted by Gasteiger charge is 2.32. The Hall–Kier alpha value is -2.47. The van der Waals surface area contributed by atoms with Crippen LogP contribution in [0.1, 0.15) is 41.5 Å². The summed E-state index contributed by atoms with van der Waals surface area (Å²) in [6.07, 6.45) is 8.58. The van der Waals surface area contributed by atoms with E-state index >= 15 is 0 Å². The van der Waals surface area contributed by atoms with E-state index < -0.39 is 0 Å². The van der Waals surface area contributed by atoms with Gasteiger partial charge in [-0.25, -0.2) is 0 Å². The summed E-state index contributed by atoms with van der Waals surface area (Å²) in [7, 11) is 2.10. The molecule has 1 fully saturated rings. The van der Waals surface area contributed by atoms with Crippen molar-refractivity contribution >= 4 is 0 Å². The van der Waals surface area contributed by atoms with E-state index in [1.54, 1.807) is 6.20 Å². The van der Waals surface area contributed by atoms with Gasteiger partial charge in [-0.2, -0.15) is 5.10 Å². The molecule has 1 atom stereocenters. The summed E-state index contributed by atoms with van der Waals surface area (Å²) in [5.74, 6) is 2.56. The van der Waals surface area contributed by atoms with Crippen LogP contribution < -0.4 is 0 Å². The average molecular weight is 362 g/mol. The Morgan fingerprint density at radius 2 is 1.89 bits per heavy atom. The van der Waals surface area contributed by atoms with Crippen molar-refractivity contribution in [2.75, 3.05) is 13.1 Å². The number of benzene rings is 1. The first-order valence-electron chi connectivity index (χ1n) is 9.94. The van der Waals surface area contributed by atoms with Crippen LogP contribution in [0.15, 0.2) is 42.7 Å².